The van der Waals surface area contributed by atoms with Crippen LogP contribution < -0.4 is 25.8 Å². The molecule has 0 bridgehead atoms. The summed E-state index contributed by atoms with van der Waals surface area (Å²) in [5.74, 6) is 0.368. The van der Waals surface area contributed by atoms with E-state index in [0.717, 1.165) is 10.4 Å². The van der Waals surface area contributed by atoms with Gasteiger partial charge in [-0.15, -0.1) is 11.3 Å². The van der Waals surface area contributed by atoms with Crippen LogP contribution in [-0.4, -0.2) is 56.3 Å². The Kier molecular flexibility index (Phi) is 8.59. The zero-order valence-electron chi connectivity index (χ0n) is 20.8. The fourth-order valence-electron chi connectivity index (χ4n) is 4.03. The Morgan fingerprint density at radius 1 is 1.03 bits per heavy atom. The number of esters is 1. The van der Waals surface area contributed by atoms with Crippen molar-refractivity contribution < 1.29 is 28.6 Å². The normalized spacial score (nSPS) is 14.9. The van der Waals surface area contributed by atoms with Gasteiger partial charge in [-0.1, -0.05) is 23.7 Å². The number of likely N-dealkylation sites (tertiary alicyclic amines) is 1. The second-order valence-electron chi connectivity index (χ2n) is 8.46. The number of thiophene rings is 1. The van der Waals surface area contributed by atoms with Crippen molar-refractivity contribution in [2.24, 2.45) is 5.73 Å². The summed E-state index contributed by atoms with van der Waals surface area (Å²) in [5.41, 5.74) is 6.96. The van der Waals surface area contributed by atoms with Crippen molar-refractivity contribution >= 4 is 52.3 Å². The molecule has 4 rings (SSSR count). The van der Waals surface area contributed by atoms with Crippen molar-refractivity contribution in [3.8, 4) is 21.9 Å². The van der Waals surface area contributed by atoms with Gasteiger partial charge in [0.15, 0.2) is 11.5 Å². The van der Waals surface area contributed by atoms with Gasteiger partial charge >= 0.3 is 18.0 Å². The highest BCUT2D eigenvalue weighted by Gasteiger charge is 2.28. The summed E-state index contributed by atoms with van der Waals surface area (Å²) < 4.78 is 16.2. The Hall–Kier alpha value is -3.96. The van der Waals surface area contributed by atoms with E-state index in [2.05, 4.69) is 10.6 Å². The maximum Gasteiger partial charge on any atom is 0.350 e. The largest absolute Gasteiger partial charge is 0.493 e. The summed E-state index contributed by atoms with van der Waals surface area (Å²) in [4.78, 5) is 40.1. The molecule has 0 spiro atoms. The first-order chi connectivity index (χ1) is 18.3. The van der Waals surface area contributed by atoms with Crippen molar-refractivity contribution in [2.45, 2.75) is 18.9 Å². The number of rotatable bonds is 7. The number of methoxy groups -OCH3 is 2. The highest BCUT2D eigenvalue weighted by molar-refractivity contribution is 7.18. The summed E-state index contributed by atoms with van der Waals surface area (Å²) in [6.45, 7) is 0.741. The topological polar surface area (TPSA) is 132 Å². The first kappa shape index (κ1) is 27.1. The summed E-state index contributed by atoms with van der Waals surface area (Å²) in [5, 5.41) is 6.06. The Balaban J connectivity index is 1.56. The predicted octanol–water partition coefficient (Wildman–Crippen LogP) is 5.43. The van der Waals surface area contributed by atoms with Gasteiger partial charge in [0.1, 0.15) is 11.0 Å². The molecule has 1 atom stereocenters. The van der Waals surface area contributed by atoms with Crippen LogP contribution in [0, 0.1) is 0 Å². The van der Waals surface area contributed by atoms with Crippen molar-refractivity contribution in [1.29, 1.82) is 0 Å². The predicted molar refractivity (Wildman–Crippen MR) is 147 cm³/mol. The second kappa shape index (κ2) is 12.1. The van der Waals surface area contributed by atoms with Gasteiger partial charge in [0, 0.05) is 28.2 Å². The van der Waals surface area contributed by atoms with E-state index in [1.54, 1.807) is 36.4 Å². The molecule has 3 aromatic rings. The van der Waals surface area contributed by atoms with Gasteiger partial charge < -0.3 is 35.5 Å². The van der Waals surface area contributed by atoms with Crippen LogP contribution in [0.5, 0.6) is 11.5 Å². The van der Waals surface area contributed by atoms with E-state index in [0.29, 0.717) is 41.6 Å². The number of carbonyl (C=O) groups excluding carboxylic acids is 3. The minimum atomic E-state index is -0.604. The number of nitrogens with zero attached hydrogens (tertiary/aromatic N) is 1. The van der Waals surface area contributed by atoms with E-state index >= 15 is 0 Å². The first-order valence-electron chi connectivity index (χ1n) is 11.7. The Labute approximate surface area is 228 Å². The van der Waals surface area contributed by atoms with Crippen molar-refractivity contribution in [2.75, 3.05) is 37.9 Å². The number of amides is 4. The molecule has 1 aromatic heterocycles. The Bertz CT molecular complexity index is 1330. The number of primary amides is 1. The van der Waals surface area contributed by atoms with Crippen molar-refractivity contribution in [1.82, 2.24) is 4.90 Å². The number of benzene rings is 2. The van der Waals surface area contributed by atoms with Crippen molar-refractivity contribution in [3.63, 3.8) is 0 Å². The third-order valence-electron chi connectivity index (χ3n) is 5.90. The fourth-order valence-corrected chi connectivity index (χ4v) is 5.16. The lowest BCUT2D eigenvalue weighted by Gasteiger charge is -2.31. The highest BCUT2D eigenvalue weighted by atomic mass is 35.5. The molecule has 0 radical (unpaired) electrons. The third kappa shape index (κ3) is 6.48. The number of anilines is 2. The maximum absolute atomic E-state index is 13.2. The second-order valence-corrected chi connectivity index (χ2v) is 9.95. The molecule has 1 unspecified atom stereocenters. The third-order valence-corrected chi connectivity index (χ3v) is 7.32. The van der Waals surface area contributed by atoms with Crippen molar-refractivity contribution in [3.05, 3.63) is 58.4 Å². The van der Waals surface area contributed by atoms with Gasteiger partial charge in [-0.3, -0.25) is 0 Å². The molecule has 38 heavy (non-hydrogen) atoms. The van der Waals surface area contributed by atoms with Crippen LogP contribution in [0.15, 0.2) is 48.5 Å². The Morgan fingerprint density at radius 2 is 1.76 bits per heavy atom. The number of carbonyl (C=O) groups is 3. The number of urea groups is 2. The molecular weight excluding hydrogens is 532 g/mol. The molecule has 1 saturated heterocycles. The monoisotopic (exact) mass is 558 g/mol. The molecule has 2 aromatic carbocycles. The number of ether oxygens (including phenoxy) is 3. The highest BCUT2D eigenvalue weighted by Crippen LogP contribution is 2.37. The summed E-state index contributed by atoms with van der Waals surface area (Å²) in [6, 6.07) is 12.7. The average Bonchev–Trinajstić information content (AvgIpc) is 3.32. The molecule has 0 aliphatic carbocycles. The van der Waals surface area contributed by atoms with Gasteiger partial charge in [-0.05, 0) is 48.7 Å². The van der Waals surface area contributed by atoms with Crippen LogP contribution in [0.25, 0.3) is 10.4 Å². The standard InChI is InChI=1S/C26H27ClN4O6S/c1-35-20-10-9-17(12-21(20)36-2)29-26(34)30-19-13-22(15-5-7-16(27)8-6-15)38-23(19)24(32)37-18-4-3-11-31(14-18)25(28)33/h5-10,12-13,18H,3-4,11,14H2,1-2H3,(H2,28,33)(H2,29,30,34). The lowest BCUT2D eigenvalue weighted by Crippen LogP contribution is -2.46. The molecule has 10 nitrogen and oxygen atoms in total. The molecule has 12 heteroatoms. The first-order valence-corrected chi connectivity index (χ1v) is 12.9. The molecule has 1 aliphatic heterocycles. The SMILES string of the molecule is COc1ccc(NC(=O)Nc2cc(-c3ccc(Cl)cc3)sc2C(=O)OC2CCCN(C(N)=O)C2)cc1OC. The van der Waals surface area contributed by atoms with Crippen LogP contribution >= 0.6 is 22.9 Å². The lowest BCUT2D eigenvalue weighted by molar-refractivity contribution is 0.0134. The number of nitrogens with two attached hydrogens (primary N) is 1. The van der Waals surface area contributed by atoms with Gasteiger partial charge in [0.25, 0.3) is 0 Å². The van der Waals surface area contributed by atoms with Gasteiger partial charge in [0.2, 0.25) is 0 Å². The summed E-state index contributed by atoms with van der Waals surface area (Å²) in [7, 11) is 3.02. The smallest absolute Gasteiger partial charge is 0.350 e. The molecule has 4 N–H and O–H groups in total. The molecule has 4 amide bonds. The van der Waals surface area contributed by atoms with Gasteiger partial charge in [-0.2, -0.15) is 0 Å². The average molecular weight is 559 g/mol. The van der Waals surface area contributed by atoms with E-state index in [4.69, 9.17) is 31.5 Å². The summed E-state index contributed by atoms with van der Waals surface area (Å²) >= 11 is 7.21. The van der Waals surface area contributed by atoms with Gasteiger partial charge in [-0.25, -0.2) is 14.4 Å². The van der Waals surface area contributed by atoms with E-state index in [9.17, 15) is 14.4 Å². The number of hydrogen-bond acceptors (Lipinski definition) is 7. The van der Waals surface area contributed by atoms with Crippen LogP contribution in [-0.2, 0) is 4.74 Å². The number of halogens is 1. The molecule has 0 saturated carbocycles. The number of hydrogen-bond donors (Lipinski definition) is 3. The van der Waals surface area contributed by atoms with Crippen LogP contribution in [0.4, 0.5) is 21.0 Å². The maximum atomic E-state index is 13.2. The molecular formula is C26H27ClN4O6S. The van der Waals surface area contributed by atoms with E-state index in [-0.39, 0.29) is 17.1 Å². The lowest BCUT2D eigenvalue weighted by atomic mass is 10.1. The van der Waals surface area contributed by atoms with Crippen LogP contribution in [0.3, 0.4) is 0 Å². The van der Waals surface area contributed by atoms with Gasteiger partial charge in [0.05, 0.1) is 26.5 Å². The molecule has 200 valence electrons. The molecule has 2 heterocycles. The minimum absolute atomic E-state index is 0.216. The molecule has 1 fully saturated rings. The van der Waals surface area contributed by atoms with E-state index < -0.39 is 24.1 Å². The van der Waals surface area contributed by atoms with Crippen LogP contribution in [0.2, 0.25) is 5.02 Å². The Morgan fingerprint density at radius 3 is 2.45 bits per heavy atom. The summed E-state index contributed by atoms with van der Waals surface area (Å²) in [6.07, 6.45) is 0.770. The quantitative estimate of drug-likeness (QED) is 0.331. The molecule has 1 aliphatic rings. The number of piperidine rings is 1. The van der Waals surface area contributed by atoms with E-state index in [1.165, 1.54) is 30.5 Å². The zero-order valence-corrected chi connectivity index (χ0v) is 22.4. The van der Waals surface area contributed by atoms with E-state index in [1.807, 2.05) is 12.1 Å². The van der Waals surface area contributed by atoms with Crippen LogP contribution in [0.1, 0.15) is 22.5 Å². The minimum Gasteiger partial charge on any atom is -0.493 e. The number of nitrogens with one attached hydrogen (secondary N) is 2. The fraction of sp³-hybridized carbons (Fsp3) is 0.269. The zero-order chi connectivity index (χ0) is 27.2.